The van der Waals surface area contributed by atoms with E-state index in [0.29, 0.717) is 11.3 Å². The van der Waals surface area contributed by atoms with Crippen LogP contribution in [0.15, 0.2) is 48.8 Å². The molecule has 8 heteroatoms. The summed E-state index contributed by atoms with van der Waals surface area (Å²) in [5.74, 6) is -2.41. The molecule has 28 heavy (non-hydrogen) atoms. The lowest BCUT2D eigenvalue weighted by molar-refractivity contribution is 0.0818. The fourth-order valence-electron chi connectivity index (χ4n) is 2.70. The number of nitriles is 1. The Balaban J connectivity index is 1.80. The molecule has 1 amide bonds. The summed E-state index contributed by atoms with van der Waals surface area (Å²) in [6, 6.07) is 8.71. The zero-order chi connectivity index (χ0) is 20.3. The van der Waals surface area contributed by atoms with E-state index in [9.17, 15) is 23.2 Å². The molecule has 1 heterocycles. The van der Waals surface area contributed by atoms with Crippen LogP contribution in [-0.2, 0) is 13.1 Å². The van der Waals surface area contributed by atoms with Gasteiger partial charge in [-0.15, -0.1) is 0 Å². The first kappa shape index (κ1) is 19.2. The summed E-state index contributed by atoms with van der Waals surface area (Å²) in [6.45, 7) is 1.65. The zero-order valence-corrected chi connectivity index (χ0v) is 14.9. The van der Waals surface area contributed by atoms with Gasteiger partial charge >= 0.3 is 0 Å². The molecule has 1 aromatic heterocycles. The Kier molecular flexibility index (Phi) is 5.45. The number of halogens is 3. The molecular formula is C20H15F3N4O. The Bertz CT molecular complexity index is 1050. The molecule has 0 radical (unpaired) electrons. The summed E-state index contributed by atoms with van der Waals surface area (Å²) in [7, 11) is 0. The van der Waals surface area contributed by atoms with Crippen molar-refractivity contribution in [1.29, 1.82) is 5.26 Å². The number of rotatable bonds is 5. The zero-order valence-electron chi connectivity index (χ0n) is 14.9. The van der Waals surface area contributed by atoms with Crippen LogP contribution in [0.5, 0.6) is 0 Å². The fraction of sp³-hybridized carbons (Fsp3) is 0.150. The van der Waals surface area contributed by atoms with Crippen molar-refractivity contribution in [2.24, 2.45) is 0 Å². The standard InChI is InChI=1S/C20H15F3N4O/c1-13-19(20(28)26(11-24)9-14-2-5-16(21)6-3-14)25-12-27(13)10-15-4-7-17(22)8-18(15)23/h2-8,12H,9-10H2,1H3. The van der Waals surface area contributed by atoms with Gasteiger partial charge in [-0.1, -0.05) is 18.2 Å². The Morgan fingerprint density at radius 3 is 2.46 bits per heavy atom. The van der Waals surface area contributed by atoms with Crippen LogP contribution in [0.3, 0.4) is 0 Å². The number of nitrogens with zero attached hydrogens (tertiary/aromatic N) is 4. The van der Waals surface area contributed by atoms with Crippen LogP contribution in [-0.4, -0.2) is 20.4 Å². The molecule has 142 valence electrons. The van der Waals surface area contributed by atoms with Gasteiger partial charge in [0.15, 0.2) is 6.19 Å². The molecule has 0 fully saturated rings. The Morgan fingerprint density at radius 2 is 1.82 bits per heavy atom. The van der Waals surface area contributed by atoms with Crippen molar-refractivity contribution >= 4 is 5.91 Å². The third-order valence-electron chi connectivity index (χ3n) is 4.28. The molecule has 0 atom stereocenters. The van der Waals surface area contributed by atoms with Gasteiger partial charge in [-0.2, -0.15) is 5.26 Å². The number of hydrogen-bond acceptors (Lipinski definition) is 3. The molecule has 3 aromatic rings. The van der Waals surface area contributed by atoms with Crippen LogP contribution in [0.4, 0.5) is 13.2 Å². The highest BCUT2D eigenvalue weighted by atomic mass is 19.1. The van der Waals surface area contributed by atoms with Gasteiger partial charge in [0.2, 0.25) is 0 Å². The summed E-state index contributed by atoms with van der Waals surface area (Å²) in [4.78, 5) is 17.6. The number of amides is 1. The highest BCUT2D eigenvalue weighted by molar-refractivity contribution is 5.94. The van der Waals surface area contributed by atoms with Crippen LogP contribution in [0, 0.1) is 35.8 Å². The van der Waals surface area contributed by atoms with Crippen LogP contribution in [0.2, 0.25) is 0 Å². The van der Waals surface area contributed by atoms with Crippen molar-refractivity contribution in [3.8, 4) is 6.19 Å². The minimum atomic E-state index is -0.698. The predicted molar refractivity (Wildman–Crippen MR) is 94.3 cm³/mol. The lowest BCUT2D eigenvalue weighted by Crippen LogP contribution is -2.26. The molecule has 0 saturated heterocycles. The smallest absolute Gasteiger partial charge is 0.287 e. The van der Waals surface area contributed by atoms with Crippen LogP contribution in [0.25, 0.3) is 0 Å². The maximum atomic E-state index is 13.9. The molecule has 0 spiro atoms. The van der Waals surface area contributed by atoms with Crippen molar-refractivity contribution < 1.29 is 18.0 Å². The minimum absolute atomic E-state index is 0.0332. The van der Waals surface area contributed by atoms with Gasteiger partial charge in [0.25, 0.3) is 5.91 Å². The summed E-state index contributed by atoms with van der Waals surface area (Å²) in [6.07, 6.45) is 3.16. The van der Waals surface area contributed by atoms with Crippen LogP contribution >= 0.6 is 0 Å². The van der Waals surface area contributed by atoms with Crippen molar-refractivity contribution in [2.45, 2.75) is 20.0 Å². The Morgan fingerprint density at radius 1 is 1.14 bits per heavy atom. The molecule has 0 aliphatic heterocycles. The number of hydrogen-bond donors (Lipinski definition) is 0. The predicted octanol–water partition coefficient (Wildman–Crippen LogP) is 3.78. The summed E-state index contributed by atoms with van der Waals surface area (Å²) >= 11 is 0. The number of imidazole rings is 1. The van der Waals surface area contributed by atoms with E-state index >= 15 is 0 Å². The summed E-state index contributed by atoms with van der Waals surface area (Å²) < 4.78 is 41.5. The molecule has 3 rings (SSSR count). The average molecular weight is 384 g/mol. The highest BCUT2D eigenvalue weighted by Gasteiger charge is 2.22. The van der Waals surface area contributed by atoms with Crippen molar-refractivity contribution in [3.63, 3.8) is 0 Å². The molecule has 0 unspecified atom stereocenters. The van der Waals surface area contributed by atoms with Crippen molar-refractivity contribution in [2.75, 3.05) is 0 Å². The number of carbonyl (C=O) groups is 1. The maximum absolute atomic E-state index is 13.9. The lowest BCUT2D eigenvalue weighted by Gasteiger charge is -2.13. The quantitative estimate of drug-likeness (QED) is 0.497. The molecule has 5 nitrogen and oxygen atoms in total. The molecule has 0 bridgehead atoms. The lowest BCUT2D eigenvalue weighted by atomic mass is 10.2. The van der Waals surface area contributed by atoms with Crippen molar-refractivity contribution in [1.82, 2.24) is 14.5 Å². The third-order valence-corrected chi connectivity index (χ3v) is 4.28. The van der Waals surface area contributed by atoms with Gasteiger partial charge in [0, 0.05) is 17.3 Å². The van der Waals surface area contributed by atoms with E-state index in [0.717, 1.165) is 17.0 Å². The van der Waals surface area contributed by atoms with E-state index in [1.165, 1.54) is 41.2 Å². The molecule has 0 N–H and O–H groups in total. The number of benzene rings is 2. The van der Waals surface area contributed by atoms with Crippen LogP contribution in [0.1, 0.15) is 27.3 Å². The van der Waals surface area contributed by atoms with E-state index in [2.05, 4.69) is 4.98 Å². The fourth-order valence-corrected chi connectivity index (χ4v) is 2.70. The third kappa shape index (κ3) is 4.04. The second-order valence-electron chi connectivity index (χ2n) is 6.16. The number of carbonyl (C=O) groups excluding carboxylic acids is 1. The first-order chi connectivity index (χ1) is 13.4. The van der Waals surface area contributed by atoms with E-state index in [1.807, 2.05) is 0 Å². The molecule has 0 aliphatic carbocycles. The second kappa shape index (κ2) is 7.96. The van der Waals surface area contributed by atoms with E-state index in [1.54, 1.807) is 13.1 Å². The highest BCUT2D eigenvalue weighted by Crippen LogP contribution is 2.16. The Hall–Kier alpha value is -3.60. The summed E-state index contributed by atoms with van der Waals surface area (Å²) in [5.41, 5.74) is 1.31. The van der Waals surface area contributed by atoms with E-state index in [-0.39, 0.29) is 24.3 Å². The van der Waals surface area contributed by atoms with Crippen LogP contribution < -0.4 is 0 Å². The van der Waals surface area contributed by atoms with Gasteiger partial charge in [-0.25, -0.2) is 23.1 Å². The average Bonchev–Trinajstić information content (AvgIpc) is 3.03. The minimum Gasteiger partial charge on any atom is -0.330 e. The molecule has 2 aromatic carbocycles. The van der Waals surface area contributed by atoms with E-state index < -0.39 is 23.4 Å². The molecular weight excluding hydrogens is 369 g/mol. The van der Waals surface area contributed by atoms with Crippen molar-refractivity contribution in [3.05, 3.63) is 88.8 Å². The van der Waals surface area contributed by atoms with Gasteiger partial charge in [-0.05, 0) is 30.7 Å². The SMILES string of the molecule is Cc1c(C(=O)N(C#N)Cc2ccc(F)cc2)ncn1Cc1ccc(F)cc1F. The second-order valence-corrected chi connectivity index (χ2v) is 6.16. The normalized spacial score (nSPS) is 10.5. The number of aromatic nitrogens is 2. The van der Waals surface area contributed by atoms with Gasteiger partial charge in [0.05, 0.1) is 19.4 Å². The first-order valence-corrected chi connectivity index (χ1v) is 8.30. The monoisotopic (exact) mass is 384 g/mol. The topological polar surface area (TPSA) is 61.9 Å². The van der Waals surface area contributed by atoms with Gasteiger partial charge in [0.1, 0.15) is 23.1 Å². The molecule has 0 saturated carbocycles. The summed E-state index contributed by atoms with van der Waals surface area (Å²) in [5, 5.41) is 9.33. The Labute approximate surface area is 159 Å². The maximum Gasteiger partial charge on any atom is 0.287 e. The van der Waals surface area contributed by atoms with Gasteiger partial charge in [-0.3, -0.25) is 4.79 Å². The molecule has 0 aliphatic rings. The van der Waals surface area contributed by atoms with E-state index in [4.69, 9.17) is 0 Å². The van der Waals surface area contributed by atoms with Gasteiger partial charge < -0.3 is 4.57 Å². The largest absolute Gasteiger partial charge is 0.330 e. The first-order valence-electron chi connectivity index (χ1n) is 8.30.